The molecular weight excluding hydrogens is 346 g/mol. The van der Waals surface area contributed by atoms with Gasteiger partial charge in [0.2, 0.25) is 0 Å². The molecule has 2 aromatic carbocycles. The highest BCUT2D eigenvalue weighted by atomic mass is 32.1. The first-order valence-electron chi connectivity index (χ1n) is 7.46. The van der Waals surface area contributed by atoms with Crippen LogP contribution >= 0.6 is 11.3 Å². The molecule has 0 fully saturated rings. The van der Waals surface area contributed by atoms with E-state index in [0.29, 0.717) is 22.1 Å². The van der Waals surface area contributed by atoms with Crippen molar-refractivity contribution in [2.24, 2.45) is 0 Å². The number of amides is 1. The number of hydrogen-bond acceptors (Lipinski definition) is 4. The fraction of sp³-hybridized carbons (Fsp3) is 0.111. The lowest BCUT2D eigenvalue weighted by molar-refractivity contribution is -0.122. The van der Waals surface area contributed by atoms with Gasteiger partial charge in [0.15, 0.2) is 22.9 Å². The lowest BCUT2D eigenvalue weighted by atomic mass is 10.2. The van der Waals surface area contributed by atoms with Crippen LogP contribution in [-0.4, -0.2) is 17.0 Å². The Hall–Kier alpha value is -2.80. The number of ether oxygens (including phenoxy) is 1. The maximum Gasteiger partial charge on any atom is 0.266 e. The highest BCUT2D eigenvalue weighted by Gasteiger charge is 2.17. The van der Waals surface area contributed by atoms with Gasteiger partial charge in [-0.05, 0) is 37.3 Å². The number of nitrogens with one attached hydrogen (secondary N) is 1. The first-order chi connectivity index (χ1) is 12.0. The fourth-order valence-electron chi connectivity index (χ4n) is 2.08. The van der Waals surface area contributed by atoms with Crippen LogP contribution in [0.1, 0.15) is 6.92 Å². The second-order valence-electron chi connectivity index (χ2n) is 5.23. The molecule has 1 N–H and O–H groups in total. The SMILES string of the molecule is C[C@H](Oc1ccccc1)C(=O)Nc1nc(-c2ccc(F)c(F)c2)cs1. The minimum absolute atomic E-state index is 0.352. The zero-order valence-electron chi connectivity index (χ0n) is 13.2. The number of rotatable bonds is 5. The number of thiazole rings is 1. The average Bonchev–Trinajstić information content (AvgIpc) is 3.06. The van der Waals surface area contributed by atoms with Gasteiger partial charge in [0.05, 0.1) is 5.69 Å². The van der Waals surface area contributed by atoms with Gasteiger partial charge in [0, 0.05) is 10.9 Å². The summed E-state index contributed by atoms with van der Waals surface area (Å²) in [5.74, 6) is -1.62. The number of carbonyl (C=O) groups is 1. The average molecular weight is 360 g/mol. The van der Waals surface area contributed by atoms with Crippen LogP contribution in [0.15, 0.2) is 53.9 Å². The zero-order chi connectivity index (χ0) is 17.8. The second-order valence-corrected chi connectivity index (χ2v) is 6.09. The third-order valence-electron chi connectivity index (χ3n) is 3.37. The fourth-order valence-corrected chi connectivity index (χ4v) is 2.81. The summed E-state index contributed by atoms with van der Waals surface area (Å²) in [4.78, 5) is 16.4. The van der Waals surface area contributed by atoms with Gasteiger partial charge in [-0.15, -0.1) is 11.3 Å². The summed E-state index contributed by atoms with van der Waals surface area (Å²) in [6, 6.07) is 12.5. The molecule has 1 heterocycles. The molecule has 3 rings (SSSR count). The first-order valence-corrected chi connectivity index (χ1v) is 8.34. The van der Waals surface area contributed by atoms with Gasteiger partial charge in [0.1, 0.15) is 5.75 Å². The van der Waals surface area contributed by atoms with Crippen LogP contribution in [0, 0.1) is 11.6 Å². The Kier molecular flexibility index (Phi) is 5.04. The van der Waals surface area contributed by atoms with Crippen molar-refractivity contribution in [2.45, 2.75) is 13.0 Å². The lowest BCUT2D eigenvalue weighted by Gasteiger charge is -2.13. The number of halogens is 2. The van der Waals surface area contributed by atoms with Crippen LogP contribution in [0.3, 0.4) is 0 Å². The van der Waals surface area contributed by atoms with E-state index in [1.165, 1.54) is 17.4 Å². The van der Waals surface area contributed by atoms with Crippen molar-refractivity contribution in [3.8, 4) is 17.0 Å². The molecule has 0 bridgehead atoms. The summed E-state index contributed by atoms with van der Waals surface area (Å²) in [5.41, 5.74) is 0.889. The molecule has 0 aliphatic heterocycles. The van der Waals surface area contributed by atoms with Crippen molar-refractivity contribution in [1.82, 2.24) is 4.98 Å². The monoisotopic (exact) mass is 360 g/mol. The second kappa shape index (κ2) is 7.40. The Labute approximate surface area is 147 Å². The van der Waals surface area contributed by atoms with Crippen LogP contribution in [0.5, 0.6) is 5.75 Å². The molecule has 0 saturated heterocycles. The van der Waals surface area contributed by atoms with E-state index in [9.17, 15) is 13.6 Å². The normalized spacial score (nSPS) is 11.8. The van der Waals surface area contributed by atoms with E-state index in [2.05, 4.69) is 10.3 Å². The molecule has 3 aromatic rings. The summed E-state index contributed by atoms with van der Waals surface area (Å²) in [5, 5.41) is 4.67. The summed E-state index contributed by atoms with van der Waals surface area (Å²) in [6.07, 6.45) is -0.710. The standard InChI is InChI=1S/C18H14F2N2O2S/c1-11(24-13-5-3-2-4-6-13)17(23)22-18-21-16(10-25-18)12-7-8-14(19)15(20)9-12/h2-11H,1H3,(H,21,22,23)/t11-/m0/s1. The van der Waals surface area contributed by atoms with Crippen LogP contribution in [0.25, 0.3) is 11.3 Å². The minimum atomic E-state index is -0.944. The van der Waals surface area contributed by atoms with E-state index in [1.807, 2.05) is 18.2 Å². The summed E-state index contributed by atoms with van der Waals surface area (Å²) >= 11 is 1.19. The lowest BCUT2D eigenvalue weighted by Crippen LogP contribution is -2.30. The number of nitrogens with zero attached hydrogens (tertiary/aromatic N) is 1. The van der Waals surface area contributed by atoms with Crippen molar-refractivity contribution in [3.05, 3.63) is 65.5 Å². The van der Waals surface area contributed by atoms with Gasteiger partial charge in [-0.2, -0.15) is 0 Å². The number of aromatic nitrogens is 1. The van der Waals surface area contributed by atoms with Gasteiger partial charge in [-0.25, -0.2) is 13.8 Å². The third kappa shape index (κ3) is 4.19. The predicted molar refractivity (Wildman–Crippen MR) is 92.6 cm³/mol. The largest absolute Gasteiger partial charge is 0.481 e. The molecule has 0 radical (unpaired) electrons. The van der Waals surface area contributed by atoms with E-state index < -0.39 is 17.7 Å². The van der Waals surface area contributed by atoms with Gasteiger partial charge >= 0.3 is 0 Å². The van der Waals surface area contributed by atoms with Crippen molar-refractivity contribution < 1.29 is 18.3 Å². The van der Waals surface area contributed by atoms with Crippen LogP contribution in [0.4, 0.5) is 13.9 Å². The van der Waals surface area contributed by atoms with E-state index in [-0.39, 0.29) is 5.91 Å². The van der Waals surface area contributed by atoms with Crippen LogP contribution in [0.2, 0.25) is 0 Å². The highest BCUT2D eigenvalue weighted by Crippen LogP contribution is 2.26. The molecule has 1 atom stereocenters. The molecule has 0 aliphatic rings. The first kappa shape index (κ1) is 17.0. The maximum atomic E-state index is 13.3. The molecular formula is C18H14F2N2O2S. The number of benzene rings is 2. The topological polar surface area (TPSA) is 51.2 Å². The van der Waals surface area contributed by atoms with E-state index in [0.717, 1.165) is 12.1 Å². The molecule has 25 heavy (non-hydrogen) atoms. The molecule has 0 unspecified atom stereocenters. The summed E-state index contributed by atoms with van der Waals surface area (Å²) in [7, 11) is 0. The van der Waals surface area contributed by atoms with E-state index in [1.54, 1.807) is 24.4 Å². The molecule has 0 aliphatic carbocycles. The Morgan fingerprint density at radius 1 is 1.16 bits per heavy atom. The van der Waals surface area contributed by atoms with E-state index >= 15 is 0 Å². The predicted octanol–water partition coefficient (Wildman–Crippen LogP) is 4.49. The smallest absolute Gasteiger partial charge is 0.266 e. The highest BCUT2D eigenvalue weighted by molar-refractivity contribution is 7.14. The van der Waals surface area contributed by atoms with Gasteiger partial charge in [-0.3, -0.25) is 10.1 Å². The van der Waals surface area contributed by atoms with Crippen LogP contribution in [-0.2, 0) is 4.79 Å². The Morgan fingerprint density at radius 2 is 1.92 bits per heavy atom. The molecule has 0 spiro atoms. The number of carbonyl (C=O) groups excluding carboxylic acids is 1. The Balaban J connectivity index is 1.66. The van der Waals surface area contributed by atoms with Gasteiger partial charge < -0.3 is 4.74 Å². The van der Waals surface area contributed by atoms with Gasteiger partial charge in [0.25, 0.3) is 5.91 Å². The molecule has 4 nitrogen and oxygen atoms in total. The van der Waals surface area contributed by atoms with Crippen molar-refractivity contribution in [3.63, 3.8) is 0 Å². The molecule has 128 valence electrons. The van der Waals surface area contributed by atoms with Crippen molar-refractivity contribution in [1.29, 1.82) is 0 Å². The van der Waals surface area contributed by atoms with Crippen molar-refractivity contribution >= 4 is 22.4 Å². The molecule has 0 saturated carbocycles. The van der Waals surface area contributed by atoms with E-state index in [4.69, 9.17) is 4.74 Å². The maximum absolute atomic E-state index is 13.3. The number of anilines is 1. The number of para-hydroxylation sites is 1. The molecule has 7 heteroatoms. The van der Waals surface area contributed by atoms with Crippen molar-refractivity contribution in [2.75, 3.05) is 5.32 Å². The third-order valence-corrected chi connectivity index (χ3v) is 4.13. The van der Waals surface area contributed by atoms with Gasteiger partial charge in [-0.1, -0.05) is 18.2 Å². The van der Waals surface area contributed by atoms with Crippen LogP contribution < -0.4 is 10.1 Å². The minimum Gasteiger partial charge on any atom is -0.481 e. The Bertz CT molecular complexity index is 884. The summed E-state index contributed by atoms with van der Waals surface area (Å²) < 4.78 is 31.8. The quantitative estimate of drug-likeness (QED) is 0.729. The zero-order valence-corrected chi connectivity index (χ0v) is 14.0. The molecule has 1 aromatic heterocycles. The summed E-state index contributed by atoms with van der Waals surface area (Å²) in [6.45, 7) is 1.63. The molecule has 1 amide bonds. The number of hydrogen-bond donors (Lipinski definition) is 1. The Morgan fingerprint density at radius 3 is 2.64 bits per heavy atom.